The molecule has 0 heterocycles. The van der Waals surface area contributed by atoms with Crippen molar-refractivity contribution in [2.75, 3.05) is 6.61 Å². The first-order valence-electron chi connectivity index (χ1n) is 7.15. The third kappa shape index (κ3) is 3.17. The summed E-state index contributed by atoms with van der Waals surface area (Å²) in [6.07, 6.45) is 1.15. The van der Waals surface area contributed by atoms with Crippen LogP contribution in [0.4, 0.5) is 0 Å². The number of benzene rings is 1. The van der Waals surface area contributed by atoms with Gasteiger partial charge in [-0.1, -0.05) is 58.0 Å². The summed E-state index contributed by atoms with van der Waals surface area (Å²) >= 11 is 0. The number of carbonyl (C=O) groups excluding carboxylic acids is 1. The third-order valence-corrected chi connectivity index (χ3v) is 4.37. The quantitative estimate of drug-likeness (QED) is 0.748. The van der Waals surface area contributed by atoms with Gasteiger partial charge in [-0.2, -0.15) is 0 Å². The van der Waals surface area contributed by atoms with Crippen LogP contribution in [0.2, 0.25) is 0 Å². The van der Waals surface area contributed by atoms with Crippen molar-refractivity contribution < 1.29 is 9.53 Å². The van der Waals surface area contributed by atoms with Gasteiger partial charge in [0.1, 0.15) is 0 Å². The minimum atomic E-state index is -0.0840. The molecule has 19 heavy (non-hydrogen) atoms. The molecule has 0 unspecified atom stereocenters. The van der Waals surface area contributed by atoms with Crippen molar-refractivity contribution in [2.24, 2.45) is 17.3 Å². The molecule has 0 aromatic heterocycles. The summed E-state index contributed by atoms with van der Waals surface area (Å²) in [5, 5.41) is 0. The molecule has 2 nitrogen and oxygen atoms in total. The lowest BCUT2D eigenvalue weighted by Gasteiger charge is -2.17. The summed E-state index contributed by atoms with van der Waals surface area (Å²) in [7, 11) is 0. The van der Waals surface area contributed by atoms with Crippen molar-refractivity contribution in [1.82, 2.24) is 0 Å². The summed E-state index contributed by atoms with van der Waals surface area (Å²) in [5.41, 5.74) is 1.55. The normalized spacial score (nSPS) is 27.1. The molecule has 104 valence electrons. The summed E-state index contributed by atoms with van der Waals surface area (Å²) in [6.45, 7) is 8.81. The highest BCUT2D eigenvalue weighted by Crippen LogP contribution is 2.58. The number of carbonyl (C=O) groups is 1. The average molecular weight is 260 g/mol. The molecule has 0 N–H and O–H groups in total. The predicted molar refractivity (Wildman–Crippen MR) is 76.9 cm³/mol. The lowest BCUT2D eigenvalue weighted by atomic mass is 9.91. The van der Waals surface area contributed by atoms with Gasteiger partial charge in [0.05, 0.1) is 12.5 Å². The summed E-state index contributed by atoms with van der Waals surface area (Å²) < 4.78 is 5.41. The van der Waals surface area contributed by atoms with Crippen LogP contribution in [0.15, 0.2) is 30.3 Å². The molecule has 0 aliphatic heterocycles. The van der Waals surface area contributed by atoms with E-state index in [2.05, 4.69) is 38.1 Å². The molecule has 2 rings (SSSR count). The Labute approximate surface area is 116 Å². The highest BCUT2D eigenvalue weighted by Gasteiger charge is 2.53. The van der Waals surface area contributed by atoms with E-state index < -0.39 is 0 Å². The lowest BCUT2D eigenvalue weighted by Crippen LogP contribution is -2.19. The minimum Gasteiger partial charge on any atom is -0.465 e. The fourth-order valence-electron chi connectivity index (χ4n) is 2.78. The van der Waals surface area contributed by atoms with Gasteiger partial charge in [-0.05, 0) is 23.8 Å². The fourth-order valence-corrected chi connectivity index (χ4v) is 2.78. The smallest absolute Gasteiger partial charge is 0.308 e. The molecule has 1 aliphatic rings. The Morgan fingerprint density at radius 3 is 2.53 bits per heavy atom. The second-order valence-electron chi connectivity index (χ2n) is 6.43. The topological polar surface area (TPSA) is 26.3 Å². The zero-order valence-electron chi connectivity index (χ0n) is 12.3. The molecule has 0 bridgehead atoms. The molecular formula is C17H24O2. The Bertz CT molecular complexity index is 438. The molecule has 0 spiro atoms. The zero-order valence-corrected chi connectivity index (χ0v) is 12.3. The van der Waals surface area contributed by atoms with Crippen molar-refractivity contribution in [3.8, 4) is 0 Å². The van der Waals surface area contributed by atoms with Crippen LogP contribution in [0.5, 0.6) is 0 Å². The molecule has 1 aliphatic carbocycles. The minimum absolute atomic E-state index is 0.0349. The Kier molecular flexibility index (Phi) is 3.98. The van der Waals surface area contributed by atoms with Gasteiger partial charge < -0.3 is 4.74 Å². The van der Waals surface area contributed by atoms with Crippen LogP contribution in [0.3, 0.4) is 0 Å². The molecule has 1 aromatic rings. The van der Waals surface area contributed by atoms with Crippen molar-refractivity contribution in [1.29, 1.82) is 0 Å². The van der Waals surface area contributed by atoms with Gasteiger partial charge in [-0.3, -0.25) is 4.79 Å². The van der Waals surface area contributed by atoms with Gasteiger partial charge in [-0.25, -0.2) is 0 Å². The van der Waals surface area contributed by atoms with E-state index in [1.165, 1.54) is 5.56 Å². The Hall–Kier alpha value is -1.31. The zero-order chi connectivity index (χ0) is 14.0. The van der Waals surface area contributed by atoms with Crippen LogP contribution < -0.4 is 0 Å². The molecule has 1 saturated carbocycles. The largest absolute Gasteiger partial charge is 0.465 e. The standard InChI is InChI=1S/C17H24O2/c1-12(2)16(18)19-11-17(4)10-15(17)13(3)14-8-6-5-7-9-14/h5-9,12-13,15H,10-11H2,1-4H3/t13-,15-,17-/m0/s1. The average Bonchev–Trinajstić information content (AvgIpc) is 3.08. The monoisotopic (exact) mass is 260 g/mol. The van der Waals surface area contributed by atoms with E-state index in [1.807, 2.05) is 19.9 Å². The highest BCUT2D eigenvalue weighted by atomic mass is 16.5. The summed E-state index contributed by atoms with van der Waals surface area (Å²) in [5.74, 6) is 1.03. The van der Waals surface area contributed by atoms with Gasteiger partial charge >= 0.3 is 5.97 Å². The summed E-state index contributed by atoms with van der Waals surface area (Å²) in [4.78, 5) is 11.5. The first kappa shape index (κ1) is 14.1. The lowest BCUT2D eigenvalue weighted by molar-refractivity contribution is -0.149. The van der Waals surface area contributed by atoms with E-state index in [1.54, 1.807) is 0 Å². The first-order chi connectivity index (χ1) is 8.94. The van der Waals surface area contributed by atoms with Gasteiger partial charge in [0.25, 0.3) is 0 Å². The molecule has 0 radical (unpaired) electrons. The number of ether oxygens (including phenoxy) is 1. The van der Waals surface area contributed by atoms with Crippen molar-refractivity contribution in [3.63, 3.8) is 0 Å². The fraction of sp³-hybridized carbons (Fsp3) is 0.588. The second-order valence-corrected chi connectivity index (χ2v) is 6.43. The van der Waals surface area contributed by atoms with Gasteiger partial charge in [0, 0.05) is 5.41 Å². The first-order valence-corrected chi connectivity index (χ1v) is 7.15. The van der Waals surface area contributed by atoms with E-state index in [-0.39, 0.29) is 17.3 Å². The third-order valence-electron chi connectivity index (χ3n) is 4.37. The molecule has 1 aromatic carbocycles. The maximum absolute atomic E-state index is 11.5. The van der Waals surface area contributed by atoms with Crippen LogP contribution in [0.25, 0.3) is 0 Å². The van der Waals surface area contributed by atoms with Crippen molar-refractivity contribution in [2.45, 2.75) is 40.0 Å². The van der Waals surface area contributed by atoms with Crippen molar-refractivity contribution >= 4 is 5.97 Å². The maximum Gasteiger partial charge on any atom is 0.308 e. The molecule has 1 fully saturated rings. The van der Waals surface area contributed by atoms with Crippen LogP contribution in [-0.2, 0) is 9.53 Å². The highest BCUT2D eigenvalue weighted by molar-refractivity contribution is 5.71. The molecule has 3 atom stereocenters. The Balaban J connectivity index is 1.90. The van der Waals surface area contributed by atoms with E-state index in [4.69, 9.17) is 4.74 Å². The molecule has 2 heteroatoms. The van der Waals surface area contributed by atoms with Crippen LogP contribution in [-0.4, -0.2) is 12.6 Å². The number of hydrogen-bond acceptors (Lipinski definition) is 2. The van der Waals surface area contributed by atoms with Crippen molar-refractivity contribution in [3.05, 3.63) is 35.9 Å². The van der Waals surface area contributed by atoms with E-state index in [9.17, 15) is 4.79 Å². The Morgan fingerprint density at radius 1 is 1.32 bits per heavy atom. The molecule has 0 saturated heterocycles. The summed E-state index contributed by atoms with van der Waals surface area (Å²) in [6, 6.07) is 10.6. The predicted octanol–water partition coefficient (Wildman–Crippen LogP) is 4.02. The maximum atomic E-state index is 11.5. The van der Waals surface area contributed by atoms with Crippen LogP contribution >= 0.6 is 0 Å². The van der Waals surface area contributed by atoms with Gasteiger partial charge in [0.2, 0.25) is 0 Å². The number of esters is 1. The van der Waals surface area contributed by atoms with Gasteiger partial charge in [0.15, 0.2) is 0 Å². The molecular weight excluding hydrogens is 236 g/mol. The SMILES string of the molecule is CC(C)C(=O)OC[C@]1(C)C[C@H]1[C@@H](C)c1ccccc1. The van der Waals surface area contributed by atoms with E-state index in [0.717, 1.165) is 6.42 Å². The van der Waals surface area contributed by atoms with Crippen LogP contribution in [0.1, 0.15) is 45.6 Å². The number of hydrogen-bond donors (Lipinski definition) is 0. The Morgan fingerprint density at radius 2 is 1.95 bits per heavy atom. The van der Waals surface area contributed by atoms with Crippen LogP contribution in [0, 0.1) is 17.3 Å². The van der Waals surface area contributed by atoms with Gasteiger partial charge in [-0.15, -0.1) is 0 Å². The number of rotatable bonds is 5. The van der Waals surface area contributed by atoms with E-state index >= 15 is 0 Å². The molecule has 0 amide bonds. The second kappa shape index (κ2) is 5.36. The van der Waals surface area contributed by atoms with E-state index in [0.29, 0.717) is 18.4 Å².